The van der Waals surface area contributed by atoms with Crippen molar-refractivity contribution in [1.29, 1.82) is 0 Å². The zero-order valence-electron chi connectivity index (χ0n) is 5.59. The molecule has 0 amide bonds. The molecule has 1 saturated heterocycles. The Kier molecular flexibility index (Phi) is 2.31. The Labute approximate surface area is 67.4 Å². The fraction of sp³-hybridized carbons (Fsp3) is 0.500. The van der Waals surface area contributed by atoms with Crippen LogP contribution in [0, 0.1) is 0 Å². The largest absolute Gasteiger partial charge is 0.777 e. The van der Waals surface area contributed by atoms with Crippen molar-refractivity contribution in [3.05, 3.63) is 0 Å². The number of Topliss-reactive ketones (excluding diaryl/α,β-unsaturated/α-hetero) is 1. The second kappa shape index (κ2) is 3.09. The van der Waals surface area contributed by atoms with Crippen molar-refractivity contribution in [3.63, 3.8) is 0 Å². The third-order valence-corrected chi connectivity index (χ3v) is 1.92. The van der Waals surface area contributed by atoms with E-state index in [4.69, 9.17) is 10.2 Å². The molecule has 12 heavy (non-hydrogen) atoms. The first-order chi connectivity index (χ1) is 5.52. The molecule has 2 atom stereocenters. The fourth-order valence-corrected chi connectivity index (χ4v) is 1.19. The molecule has 1 fully saturated rings. The van der Waals surface area contributed by atoms with E-state index in [2.05, 4.69) is 8.85 Å². The minimum absolute atomic E-state index is 1.38. The van der Waals surface area contributed by atoms with Crippen molar-refractivity contribution >= 4 is 20.9 Å². The van der Waals surface area contributed by atoms with Gasteiger partial charge in [0, 0.05) is 0 Å². The van der Waals surface area contributed by atoms with Crippen molar-refractivity contribution in [2.24, 2.45) is 0 Å². The number of carbonyl (C=O) groups excluding carboxylic acids is 2. The summed E-state index contributed by atoms with van der Waals surface area (Å²) in [5.41, 5.74) is 0. The van der Waals surface area contributed by atoms with Crippen LogP contribution in [-0.2, 0) is 22.9 Å². The molecule has 2 N–H and O–H groups in total. The molecule has 0 aromatic heterocycles. The molecule has 0 spiro atoms. The summed E-state index contributed by atoms with van der Waals surface area (Å²) in [6.45, 7) is 0. The van der Waals surface area contributed by atoms with Gasteiger partial charge in [-0.2, -0.15) is 0 Å². The molecule has 7 nitrogen and oxygen atoms in total. The van der Waals surface area contributed by atoms with Crippen molar-refractivity contribution in [2.75, 3.05) is 0 Å². The summed E-state index contributed by atoms with van der Waals surface area (Å²) < 4.78 is 18.4. The molecule has 0 radical (unpaired) electrons. The number of aliphatic hydroxyl groups excluding tert-OH is 2. The summed E-state index contributed by atoms with van der Waals surface area (Å²) in [5.74, 6) is -2.85. The lowest BCUT2D eigenvalue weighted by Gasteiger charge is -2.09. The van der Waals surface area contributed by atoms with Crippen LogP contribution in [-0.4, -0.2) is 43.5 Å². The Morgan fingerprint density at radius 3 is 2.50 bits per heavy atom. The van der Waals surface area contributed by atoms with Gasteiger partial charge >= 0.3 is 15.1 Å². The molecule has 0 saturated carbocycles. The van der Waals surface area contributed by atoms with Crippen LogP contribution < -0.4 is 0 Å². The average molecular weight is 192 g/mol. The molecule has 0 bridgehead atoms. The van der Waals surface area contributed by atoms with Gasteiger partial charge in [0.1, 0.15) is 0 Å². The summed E-state index contributed by atoms with van der Waals surface area (Å²) in [7, 11) is -3.22. The van der Waals surface area contributed by atoms with Gasteiger partial charge in [-0.3, -0.25) is 9.26 Å². The third kappa shape index (κ3) is 1.55. The van der Waals surface area contributed by atoms with Crippen molar-refractivity contribution in [2.45, 2.75) is 12.4 Å². The molecule has 1 aliphatic heterocycles. The van der Waals surface area contributed by atoms with Crippen molar-refractivity contribution < 1.29 is 33.1 Å². The maximum Gasteiger partial charge on any atom is 0.777 e. The number of rotatable bonds is 0. The van der Waals surface area contributed by atoms with E-state index < -0.39 is 33.3 Å². The van der Waals surface area contributed by atoms with Gasteiger partial charge in [0.2, 0.25) is 6.29 Å². The highest BCUT2D eigenvalue weighted by Gasteiger charge is 2.40. The molecule has 0 aromatic carbocycles. The van der Waals surface area contributed by atoms with Gasteiger partial charge in [-0.05, 0) is 0 Å². The molecule has 1 heterocycles. The fourth-order valence-electron chi connectivity index (χ4n) is 0.563. The standard InChI is InChI=1S/C4H4O7Si/c5-1-2(6)4(8)11-12(9)10-3(1)7/h1,3,5,7H. The van der Waals surface area contributed by atoms with E-state index in [1.165, 1.54) is 0 Å². The number of hydrogen-bond donors (Lipinski definition) is 2. The van der Waals surface area contributed by atoms with Crippen LogP contribution in [0.15, 0.2) is 0 Å². The summed E-state index contributed by atoms with van der Waals surface area (Å²) >= 11 is 0. The van der Waals surface area contributed by atoms with Gasteiger partial charge in [-0.15, -0.1) is 0 Å². The quantitative estimate of drug-likeness (QED) is 0.315. The lowest BCUT2D eigenvalue weighted by Crippen LogP contribution is -2.36. The summed E-state index contributed by atoms with van der Waals surface area (Å²) in [6, 6.07) is 0. The lowest BCUT2D eigenvalue weighted by atomic mass is 10.2. The average Bonchev–Trinajstić information content (AvgIpc) is 2.05. The highest BCUT2D eigenvalue weighted by Crippen LogP contribution is 2.04. The number of ketones is 1. The molecule has 0 aliphatic carbocycles. The van der Waals surface area contributed by atoms with Crippen LogP contribution in [0.2, 0.25) is 0 Å². The van der Waals surface area contributed by atoms with Crippen molar-refractivity contribution in [1.82, 2.24) is 0 Å². The van der Waals surface area contributed by atoms with E-state index in [-0.39, 0.29) is 0 Å². The minimum Gasteiger partial charge on any atom is -0.467 e. The van der Waals surface area contributed by atoms with E-state index in [0.717, 1.165) is 0 Å². The first-order valence-corrected chi connectivity index (χ1v) is 4.07. The molecular formula is C4H4O7Si. The highest BCUT2D eigenvalue weighted by atomic mass is 28.3. The SMILES string of the molecule is O=C1O[Si](=O)OC(O)C(O)C1=O. The summed E-state index contributed by atoms with van der Waals surface area (Å²) in [6.07, 6.45) is -4.01. The monoisotopic (exact) mass is 192 g/mol. The van der Waals surface area contributed by atoms with Gasteiger partial charge in [0.15, 0.2) is 6.10 Å². The predicted octanol–water partition coefficient (Wildman–Crippen LogP) is -2.78. The maximum atomic E-state index is 10.6. The van der Waals surface area contributed by atoms with Gasteiger partial charge in [0.05, 0.1) is 0 Å². The van der Waals surface area contributed by atoms with E-state index in [1.807, 2.05) is 0 Å². The minimum atomic E-state index is -3.22. The van der Waals surface area contributed by atoms with E-state index in [9.17, 15) is 14.1 Å². The Balaban J connectivity index is 2.87. The first-order valence-electron chi connectivity index (χ1n) is 2.85. The first kappa shape index (κ1) is 8.97. The van der Waals surface area contributed by atoms with Crippen LogP contribution in [0.25, 0.3) is 0 Å². The Bertz CT molecular complexity index is 248. The normalized spacial score (nSPS) is 30.7. The van der Waals surface area contributed by atoms with Crippen LogP contribution in [0.5, 0.6) is 0 Å². The van der Waals surface area contributed by atoms with Crippen LogP contribution in [0.1, 0.15) is 0 Å². The van der Waals surface area contributed by atoms with E-state index >= 15 is 0 Å². The number of hydrogen-bond acceptors (Lipinski definition) is 7. The Morgan fingerprint density at radius 1 is 1.33 bits per heavy atom. The molecular weight excluding hydrogens is 188 g/mol. The predicted molar refractivity (Wildman–Crippen MR) is 30.6 cm³/mol. The second-order valence-corrected chi connectivity index (χ2v) is 2.90. The van der Waals surface area contributed by atoms with Crippen LogP contribution in [0.3, 0.4) is 0 Å². The van der Waals surface area contributed by atoms with Gasteiger partial charge in [0.25, 0.3) is 5.78 Å². The van der Waals surface area contributed by atoms with Gasteiger partial charge < -0.3 is 19.1 Å². The molecule has 0 aromatic rings. The highest BCUT2D eigenvalue weighted by molar-refractivity contribution is 6.44. The number of carbonyl (C=O) groups is 2. The van der Waals surface area contributed by atoms with Gasteiger partial charge in [-0.25, -0.2) is 4.79 Å². The molecule has 66 valence electrons. The van der Waals surface area contributed by atoms with Crippen LogP contribution in [0.4, 0.5) is 0 Å². The van der Waals surface area contributed by atoms with E-state index in [0.29, 0.717) is 0 Å². The van der Waals surface area contributed by atoms with Crippen LogP contribution >= 0.6 is 0 Å². The maximum absolute atomic E-state index is 10.6. The van der Waals surface area contributed by atoms with Gasteiger partial charge in [-0.1, -0.05) is 0 Å². The van der Waals surface area contributed by atoms with Crippen molar-refractivity contribution in [3.8, 4) is 0 Å². The number of aliphatic hydroxyl groups is 2. The Hall–Kier alpha value is -1.12. The molecule has 1 rings (SSSR count). The third-order valence-electron chi connectivity index (χ3n) is 1.13. The topological polar surface area (TPSA) is 110 Å². The summed E-state index contributed by atoms with van der Waals surface area (Å²) in [5, 5.41) is 17.5. The zero-order chi connectivity index (χ0) is 9.30. The molecule has 8 heteroatoms. The summed E-state index contributed by atoms with van der Waals surface area (Å²) in [4.78, 5) is 21.1. The smallest absolute Gasteiger partial charge is 0.467 e. The lowest BCUT2D eigenvalue weighted by molar-refractivity contribution is -0.156. The molecule has 1 aliphatic rings. The second-order valence-electron chi connectivity index (χ2n) is 1.96. The van der Waals surface area contributed by atoms with E-state index in [1.54, 1.807) is 0 Å². The zero-order valence-corrected chi connectivity index (χ0v) is 6.59. The molecule has 2 unspecified atom stereocenters. The Morgan fingerprint density at radius 2 is 1.92 bits per heavy atom.